The molecule has 0 amide bonds. The first-order valence-corrected chi connectivity index (χ1v) is 7.65. The summed E-state index contributed by atoms with van der Waals surface area (Å²) >= 11 is 15.8. The van der Waals surface area contributed by atoms with Crippen molar-refractivity contribution < 1.29 is 0 Å². The van der Waals surface area contributed by atoms with Gasteiger partial charge in [0, 0.05) is 39.0 Å². The summed E-state index contributed by atoms with van der Waals surface area (Å²) in [6, 6.07) is 9.35. The standard InChI is InChI=1S/C15H10BrCl2N3/c16-10-1-3-13(15(18)14(10)17)21-12-4-2-11(19)9-7-20-6-5-8(9)12/h1-7,21H,19H2. The van der Waals surface area contributed by atoms with Crippen LogP contribution in [0.25, 0.3) is 10.8 Å². The van der Waals surface area contributed by atoms with Crippen LogP contribution in [0, 0.1) is 0 Å². The van der Waals surface area contributed by atoms with Crippen molar-refractivity contribution in [3.8, 4) is 0 Å². The van der Waals surface area contributed by atoms with Crippen molar-refractivity contribution >= 4 is 67.0 Å². The lowest BCUT2D eigenvalue weighted by Gasteiger charge is -2.13. The zero-order valence-corrected chi connectivity index (χ0v) is 13.8. The van der Waals surface area contributed by atoms with E-state index in [1.165, 1.54) is 0 Å². The summed E-state index contributed by atoms with van der Waals surface area (Å²) in [6.07, 6.45) is 3.47. The second-order valence-electron chi connectivity index (χ2n) is 4.47. The Morgan fingerprint density at radius 3 is 2.52 bits per heavy atom. The number of hydrogen-bond acceptors (Lipinski definition) is 3. The Bertz CT molecular complexity index is 837. The molecule has 1 aromatic heterocycles. The first-order valence-electron chi connectivity index (χ1n) is 6.10. The van der Waals surface area contributed by atoms with Crippen LogP contribution in [0.4, 0.5) is 17.1 Å². The minimum absolute atomic E-state index is 0.463. The average Bonchev–Trinajstić information content (AvgIpc) is 2.50. The maximum atomic E-state index is 6.27. The van der Waals surface area contributed by atoms with Gasteiger partial charge in [-0.2, -0.15) is 0 Å². The quantitative estimate of drug-likeness (QED) is 0.446. The van der Waals surface area contributed by atoms with Crippen molar-refractivity contribution in [2.24, 2.45) is 0 Å². The molecule has 21 heavy (non-hydrogen) atoms. The Kier molecular flexibility index (Phi) is 3.93. The van der Waals surface area contributed by atoms with Gasteiger partial charge in [0.25, 0.3) is 0 Å². The SMILES string of the molecule is Nc1ccc(Nc2ccc(Br)c(Cl)c2Cl)c2ccncc12. The summed E-state index contributed by atoms with van der Waals surface area (Å²) in [7, 11) is 0. The normalized spacial score (nSPS) is 10.8. The molecule has 0 spiro atoms. The maximum absolute atomic E-state index is 6.27. The van der Waals surface area contributed by atoms with Crippen LogP contribution in [0.15, 0.2) is 47.2 Å². The minimum atomic E-state index is 0.463. The van der Waals surface area contributed by atoms with Gasteiger partial charge in [0.2, 0.25) is 0 Å². The van der Waals surface area contributed by atoms with Crippen molar-refractivity contribution in [1.82, 2.24) is 4.98 Å². The molecule has 0 aliphatic rings. The molecule has 0 radical (unpaired) electrons. The van der Waals surface area contributed by atoms with Crippen molar-refractivity contribution in [2.45, 2.75) is 0 Å². The lowest BCUT2D eigenvalue weighted by Crippen LogP contribution is -1.95. The molecule has 3 N–H and O–H groups in total. The van der Waals surface area contributed by atoms with E-state index >= 15 is 0 Å². The lowest BCUT2D eigenvalue weighted by atomic mass is 10.1. The van der Waals surface area contributed by atoms with Gasteiger partial charge < -0.3 is 11.1 Å². The summed E-state index contributed by atoms with van der Waals surface area (Å²) < 4.78 is 0.756. The number of nitrogens with one attached hydrogen (secondary N) is 1. The Labute approximate surface area is 140 Å². The van der Waals surface area contributed by atoms with Crippen LogP contribution in [-0.2, 0) is 0 Å². The van der Waals surface area contributed by atoms with Gasteiger partial charge in [0.05, 0.1) is 15.7 Å². The Morgan fingerprint density at radius 2 is 1.71 bits per heavy atom. The van der Waals surface area contributed by atoms with E-state index in [1.54, 1.807) is 12.4 Å². The first kappa shape index (κ1) is 14.4. The Hall–Kier alpha value is -1.49. The number of aromatic nitrogens is 1. The summed E-state index contributed by atoms with van der Waals surface area (Å²) in [5.74, 6) is 0. The minimum Gasteiger partial charge on any atom is -0.398 e. The molecule has 0 unspecified atom stereocenters. The van der Waals surface area contributed by atoms with E-state index in [1.807, 2.05) is 30.3 Å². The molecule has 2 aromatic carbocycles. The zero-order valence-electron chi connectivity index (χ0n) is 10.7. The third kappa shape index (κ3) is 2.67. The van der Waals surface area contributed by atoms with E-state index in [0.29, 0.717) is 15.7 Å². The molecule has 0 bridgehead atoms. The number of hydrogen-bond donors (Lipinski definition) is 2. The average molecular weight is 383 g/mol. The molecule has 0 fully saturated rings. The zero-order chi connectivity index (χ0) is 15.0. The molecule has 3 nitrogen and oxygen atoms in total. The molecule has 106 valence electrons. The Balaban J connectivity index is 2.11. The second kappa shape index (κ2) is 5.72. The van der Waals surface area contributed by atoms with E-state index in [0.717, 1.165) is 26.6 Å². The molecule has 0 aliphatic heterocycles. The molecule has 6 heteroatoms. The summed E-state index contributed by atoms with van der Waals surface area (Å²) in [4.78, 5) is 4.10. The Morgan fingerprint density at radius 1 is 0.952 bits per heavy atom. The molecule has 1 heterocycles. The summed E-state index contributed by atoms with van der Waals surface area (Å²) in [6.45, 7) is 0. The van der Waals surface area contributed by atoms with Crippen LogP contribution in [-0.4, -0.2) is 4.98 Å². The van der Waals surface area contributed by atoms with E-state index < -0.39 is 0 Å². The van der Waals surface area contributed by atoms with Gasteiger partial charge in [0.15, 0.2) is 0 Å². The molecule has 0 aliphatic carbocycles. The van der Waals surface area contributed by atoms with Crippen LogP contribution < -0.4 is 11.1 Å². The molecule has 3 aromatic rings. The highest BCUT2D eigenvalue weighted by Crippen LogP contribution is 2.38. The number of fused-ring (bicyclic) bond motifs is 1. The van der Waals surface area contributed by atoms with Crippen LogP contribution in [0.1, 0.15) is 0 Å². The lowest BCUT2D eigenvalue weighted by molar-refractivity contribution is 1.36. The van der Waals surface area contributed by atoms with Gasteiger partial charge in [0.1, 0.15) is 0 Å². The maximum Gasteiger partial charge on any atom is 0.0838 e. The van der Waals surface area contributed by atoms with Gasteiger partial charge in [-0.1, -0.05) is 23.2 Å². The van der Waals surface area contributed by atoms with Crippen LogP contribution in [0.3, 0.4) is 0 Å². The van der Waals surface area contributed by atoms with Gasteiger partial charge in [-0.15, -0.1) is 0 Å². The van der Waals surface area contributed by atoms with Crippen LogP contribution >= 0.6 is 39.1 Å². The predicted octanol–water partition coefficient (Wildman–Crippen LogP) is 5.63. The molecule has 0 atom stereocenters. The fraction of sp³-hybridized carbons (Fsp3) is 0. The number of benzene rings is 2. The van der Waals surface area contributed by atoms with E-state index in [2.05, 4.69) is 26.2 Å². The summed E-state index contributed by atoms with van der Waals surface area (Å²) in [5, 5.41) is 6.09. The third-order valence-electron chi connectivity index (χ3n) is 3.16. The molecule has 0 saturated carbocycles. The van der Waals surface area contributed by atoms with E-state index in [9.17, 15) is 0 Å². The molecular weight excluding hydrogens is 373 g/mol. The van der Waals surface area contributed by atoms with Crippen molar-refractivity contribution in [1.29, 1.82) is 0 Å². The van der Waals surface area contributed by atoms with Crippen molar-refractivity contribution in [2.75, 3.05) is 11.1 Å². The number of nitrogens with two attached hydrogens (primary N) is 1. The highest BCUT2D eigenvalue weighted by atomic mass is 79.9. The number of pyridine rings is 1. The highest BCUT2D eigenvalue weighted by Gasteiger charge is 2.10. The summed E-state index contributed by atoms with van der Waals surface area (Å²) in [5.41, 5.74) is 8.28. The smallest absolute Gasteiger partial charge is 0.0838 e. The predicted molar refractivity (Wildman–Crippen MR) is 93.6 cm³/mol. The van der Waals surface area contributed by atoms with E-state index in [-0.39, 0.29) is 0 Å². The number of nitrogens with zero attached hydrogens (tertiary/aromatic N) is 1. The highest BCUT2D eigenvalue weighted by molar-refractivity contribution is 9.10. The van der Waals surface area contributed by atoms with Gasteiger partial charge >= 0.3 is 0 Å². The topological polar surface area (TPSA) is 50.9 Å². The molecule has 0 saturated heterocycles. The fourth-order valence-electron chi connectivity index (χ4n) is 2.09. The van der Waals surface area contributed by atoms with Gasteiger partial charge in [-0.05, 0) is 46.3 Å². The molecular formula is C15H10BrCl2N3. The van der Waals surface area contributed by atoms with Crippen molar-refractivity contribution in [3.63, 3.8) is 0 Å². The fourth-order valence-corrected chi connectivity index (χ4v) is 2.91. The van der Waals surface area contributed by atoms with Gasteiger partial charge in [-0.25, -0.2) is 0 Å². The number of anilines is 3. The van der Waals surface area contributed by atoms with Gasteiger partial charge in [-0.3, -0.25) is 4.98 Å². The van der Waals surface area contributed by atoms with Crippen LogP contribution in [0.5, 0.6) is 0 Å². The number of halogens is 3. The first-order chi connectivity index (χ1) is 10.1. The number of nitrogen functional groups attached to an aromatic ring is 1. The molecule has 3 rings (SSSR count). The van der Waals surface area contributed by atoms with Crippen LogP contribution in [0.2, 0.25) is 10.0 Å². The number of rotatable bonds is 2. The second-order valence-corrected chi connectivity index (χ2v) is 6.08. The third-order valence-corrected chi connectivity index (χ3v) is 4.93. The monoisotopic (exact) mass is 381 g/mol. The van der Waals surface area contributed by atoms with E-state index in [4.69, 9.17) is 28.9 Å². The largest absolute Gasteiger partial charge is 0.398 e. The van der Waals surface area contributed by atoms with Crippen molar-refractivity contribution in [3.05, 3.63) is 57.2 Å².